The highest BCUT2D eigenvalue weighted by Gasteiger charge is 2.26. The van der Waals surface area contributed by atoms with Gasteiger partial charge in [-0.05, 0) is 49.7 Å². The number of hydrogen-bond donors (Lipinski definition) is 1. The highest BCUT2D eigenvalue weighted by molar-refractivity contribution is 7.89. The van der Waals surface area contributed by atoms with Crippen LogP contribution in [0.1, 0.15) is 12.5 Å². The number of benzene rings is 2. The van der Waals surface area contributed by atoms with Crippen molar-refractivity contribution < 1.29 is 22.7 Å². The van der Waals surface area contributed by atoms with E-state index < -0.39 is 16.1 Å². The van der Waals surface area contributed by atoms with Crippen LogP contribution in [0.3, 0.4) is 0 Å². The smallest absolute Gasteiger partial charge is 0.266 e. The molecule has 4 rings (SSSR count). The van der Waals surface area contributed by atoms with Crippen LogP contribution in [0.15, 0.2) is 52.7 Å². The maximum Gasteiger partial charge on any atom is 0.266 e. The van der Waals surface area contributed by atoms with Crippen molar-refractivity contribution in [3.8, 4) is 17.0 Å². The molecule has 1 aliphatic heterocycles. The van der Waals surface area contributed by atoms with Gasteiger partial charge in [0.25, 0.3) is 5.91 Å². The molecule has 34 heavy (non-hydrogen) atoms. The lowest BCUT2D eigenvalue weighted by atomic mass is 10.2. The average Bonchev–Trinajstić information content (AvgIpc) is 3.30. The van der Waals surface area contributed by atoms with Crippen LogP contribution in [0.2, 0.25) is 5.02 Å². The Morgan fingerprint density at radius 1 is 1.21 bits per heavy atom. The number of halogens is 1. The number of nitrogens with zero attached hydrogens (tertiary/aromatic N) is 2. The van der Waals surface area contributed by atoms with E-state index in [0.717, 1.165) is 11.1 Å². The van der Waals surface area contributed by atoms with Crippen molar-refractivity contribution in [2.24, 2.45) is 0 Å². The van der Waals surface area contributed by atoms with Crippen LogP contribution in [0.4, 0.5) is 5.13 Å². The number of aryl methyl sites for hydroxylation is 1. The predicted molar refractivity (Wildman–Crippen MR) is 132 cm³/mol. The second-order valence-corrected chi connectivity index (χ2v) is 10.9. The third-order valence-electron chi connectivity index (χ3n) is 5.30. The summed E-state index contributed by atoms with van der Waals surface area (Å²) >= 11 is 7.30. The monoisotopic (exact) mass is 521 g/mol. The number of rotatable bonds is 7. The van der Waals surface area contributed by atoms with Crippen molar-refractivity contribution in [1.29, 1.82) is 0 Å². The van der Waals surface area contributed by atoms with Gasteiger partial charge in [0.15, 0.2) is 11.2 Å². The Kier molecular flexibility index (Phi) is 7.54. The highest BCUT2D eigenvalue weighted by atomic mass is 35.5. The van der Waals surface area contributed by atoms with E-state index in [9.17, 15) is 13.2 Å². The van der Waals surface area contributed by atoms with Crippen molar-refractivity contribution in [2.75, 3.05) is 31.6 Å². The maximum atomic E-state index is 12.8. The molecule has 2 aromatic carbocycles. The summed E-state index contributed by atoms with van der Waals surface area (Å²) in [6.07, 6.45) is -0.738. The second kappa shape index (κ2) is 10.4. The molecule has 0 bridgehead atoms. The van der Waals surface area contributed by atoms with Crippen LogP contribution in [0.5, 0.6) is 5.75 Å². The fourth-order valence-electron chi connectivity index (χ4n) is 3.35. The van der Waals surface area contributed by atoms with Gasteiger partial charge in [0.1, 0.15) is 5.75 Å². The van der Waals surface area contributed by atoms with Gasteiger partial charge in [0.05, 0.1) is 23.8 Å². The number of anilines is 1. The maximum absolute atomic E-state index is 12.8. The van der Waals surface area contributed by atoms with Gasteiger partial charge >= 0.3 is 0 Å². The molecule has 0 saturated carbocycles. The van der Waals surface area contributed by atoms with Crippen molar-refractivity contribution in [2.45, 2.75) is 24.8 Å². The number of sulfonamides is 1. The predicted octanol–water partition coefficient (Wildman–Crippen LogP) is 4.20. The molecule has 0 spiro atoms. The molecule has 1 amide bonds. The Labute approximate surface area is 207 Å². The zero-order valence-corrected chi connectivity index (χ0v) is 21.0. The SMILES string of the molecule is Cc1cc(OC(C)C(=O)Nc2nc(-c3ccc(S(=O)(=O)N4CCOCC4)cc3)cs2)ccc1Cl. The van der Waals surface area contributed by atoms with Crippen LogP contribution >= 0.6 is 22.9 Å². The first-order chi connectivity index (χ1) is 16.2. The number of ether oxygens (including phenoxy) is 2. The standard InChI is InChI=1S/C23H24ClN3O5S2/c1-15-13-18(5-8-20(15)24)32-16(2)22(28)26-23-25-21(14-33-23)17-3-6-19(7-4-17)34(29,30)27-9-11-31-12-10-27/h3-8,13-14,16H,9-12H2,1-2H3,(H,25,26,28). The molecule has 1 saturated heterocycles. The Bertz CT molecular complexity index is 1270. The van der Waals surface area contributed by atoms with Gasteiger partial charge in [-0.1, -0.05) is 23.7 Å². The van der Waals surface area contributed by atoms with Crippen LogP contribution in [0, 0.1) is 6.92 Å². The fourth-order valence-corrected chi connectivity index (χ4v) is 5.60. The quantitative estimate of drug-likeness (QED) is 0.500. The number of amides is 1. The minimum absolute atomic E-state index is 0.227. The minimum atomic E-state index is -3.55. The van der Waals surface area contributed by atoms with Gasteiger partial charge in [-0.2, -0.15) is 4.31 Å². The van der Waals surface area contributed by atoms with Gasteiger partial charge in [-0.3, -0.25) is 10.1 Å². The third kappa shape index (κ3) is 5.59. The summed E-state index contributed by atoms with van der Waals surface area (Å²) in [4.78, 5) is 17.2. The van der Waals surface area contributed by atoms with E-state index >= 15 is 0 Å². The average molecular weight is 522 g/mol. The largest absolute Gasteiger partial charge is 0.481 e. The normalized spacial score (nSPS) is 15.6. The molecule has 2 heterocycles. The summed E-state index contributed by atoms with van der Waals surface area (Å²) in [5.41, 5.74) is 2.25. The topological polar surface area (TPSA) is 97.8 Å². The number of aromatic nitrogens is 1. The van der Waals surface area contributed by atoms with E-state index in [2.05, 4.69) is 10.3 Å². The zero-order chi connectivity index (χ0) is 24.3. The first kappa shape index (κ1) is 24.6. The van der Waals surface area contributed by atoms with Gasteiger partial charge in [0.2, 0.25) is 10.0 Å². The number of thiazole rings is 1. The van der Waals surface area contributed by atoms with Crippen molar-refractivity contribution in [1.82, 2.24) is 9.29 Å². The molecule has 0 aliphatic carbocycles. The van der Waals surface area contributed by atoms with Crippen molar-refractivity contribution in [3.05, 3.63) is 58.4 Å². The molecule has 1 unspecified atom stereocenters. The summed E-state index contributed by atoms with van der Waals surface area (Å²) in [6, 6.07) is 11.8. The second-order valence-electron chi connectivity index (χ2n) is 7.74. The molecule has 3 aromatic rings. The Morgan fingerprint density at radius 3 is 2.59 bits per heavy atom. The van der Waals surface area contributed by atoms with Crippen LogP contribution in [-0.4, -0.2) is 56.0 Å². The Balaban J connectivity index is 1.39. The van der Waals surface area contributed by atoms with E-state index in [-0.39, 0.29) is 10.8 Å². The lowest BCUT2D eigenvalue weighted by Crippen LogP contribution is -2.40. The minimum Gasteiger partial charge on any atom is -0.481 e. The number of carbonyl (C=O) groups is 1. The summed E-state index contributed by atoms with van der Waals surface area (Å²) in [6.45, 7) is 5.00. The van der Waals surface area contributed by atoms with Gasteiger partial charge < -0.3 is 9.47 Å². The molecule has 1 N–H and O–H groups in total. The number of nitrogens with one attached hydrogen (secondary N) is 1. The van der Waals surface area contributed by atoms with E-state index in [4.69, 9.17) is 21.1 Å². The molecule has 1 fully saturated rings. The number of hydrogen-bond acceptors (Lipinski definition) is 7. The number of carbonyl (C=O) groups excluding carboxylic acids is 1. The molecule has 1 aliphatic rings. The van der Waals surface area contributed by atoms with E-state index in [0.29, 0.717) is 47.9 Å². The van der Waals surface area contributed by atoms with Crippen LogP contribution in [0.25, 0.3) is 11.3 Å². The van der Waals surface area contributed by atoms with E-state index in [1.54, 1.807) is 54.8 Å². The molecular weight excluding hydrogens is 498 g/mol. The van der Waals surface area contributed by atoms with E-state index in [1.807, 2.05) is 6.92 Å². The molecule has 8 nitrogen and oxygen atoms in total. The Morgan fingerprint density at radius 2 is 1.91 bits per heavy atom. The van der Waals surface area contributed by atoms with Crippen molar-refractivity contribution in [3.63, 3.8) is 0 Å². The van der Waals surface area contributed by atoms with Crippen LogP contribution in [-0.2, 0) is 19.6 Å². The van der Waals surface area contributed by atoms with E-state index in [1.165, 1.54) is 15.6 Å². The van der Waals surface area contributed by atoms with Crippen LogP contribution < -0.4 is 10.1 Å². The Hall–Kier alpha value is -2.50. The van der Waals surface area contributed by atoms with Crippen molar-refractivity contribution >= 4 is 44.0 Å². The number of morpholine rings is 1. The lowest BCUT2D eigenvalue weighted by Gasteiger charge is -2.26. The molecule has 0 radical (unpaired) electrons. The summed E-state index contributed by atoms with van der Waals surface area (Å²) in [7, 11) is -3.55. The molecule has 180 valence electrons. The summed E-state index contributed by atoms with van der Waals surface area (Å²) in [5.74, 6) is 0.219. The van der Waals surface area contributed by atoms with Gasteiger partial charge in [-0.15, -0.1) is 11.3 Å². The molecule has 11 heteroatoms. The zero-order valence-electron chi connectivity index (χ0n) is 18.7. The molecule has 1 aromatic heterocycles. The fraction of sp³-hybridized carbons (Fsp3) is 0.304. The first-order valence-corrected chi connectivity index (χ1v) is 13.3. The summed E-state index contributed by atoms with van der Waals surface area (Å²) in [5, 5.41) is 5.62. The third-order valence-corrected chi connectivity index (χ3v) is 8.40. The molecular formula is C23H24ClN3O5S2. The van der Waals surface area contributed by atoms with Gasteiger partial charge in [-0.25, -0.2) is 13.4 Å². The first-order valence-electron chi connectivity index (χ1n) is 10.6. The lowest BCUT2D eigenvalue weighted by molar-refractivity contribution is -0.122. The highest BCUT2D eigenvalue weighted by Crippen LogP contribution is 2.27. The summed E-state index contributed by atoms with van der Waals surface area (Å²) < 4.78 is 37.9. The molecule has 1 atom stereocenters. The van der Waals surface area contributed by atoms with Gasteiger partial charge in [0, 0.05) is 29.1 Å².